The van der Waals surface area contributed by atoms with Crippen LogP contribution in [0.4, 0.5) is 0 Å². The second-order valence-electron chi connectivity index (χ2n) is 5.14. The minimum atomic E-state index is -0.213. The Balaban J connectivity index is 2.67. The van der Waals surface area contributed by atoms with Crippen molar-refractivity contribution in [2.75, 3.05) is 19.9 Å². The van der Waals surface area contributed by atoms with E-state index in [0.717, 1.165) is 19.4 Å². The highest BCUT2D eigenvalue weighted by Crippen LogP contribution is 2.11. The van der Waals surface area contributed by atoms with Crippen molar-refractivity contribution < 1.29 is 9.84 Å². The number of allylic oxidation sites excluding steroid dienone is 2. The normalized spacial score (nSPS) is 26.9. The third kappa shape index (κ3) is 6.55. The Morgan fingerprint density at radius 2 is 2.32 bits per heavy atom. The lowest BCUT2D eigenvalue weighted by Crippen LogP contribution is -2.31. The number of ether oxygens (including phenoxy) is 1. The summed E-state index contributed by atoms with van der Waals surface area (Å²) in [7, 11) is 0. The number of aliphatic hydroxyl groups is 1. The summed E-state index contributed by atoms with van der Waals surface area (Å²) in [5.41, 5.74) is 1.27. The average Bonchev–Trinajstić information content (AvgIpc) is 2.37. The second kappa shape index (κ2) is 8.88. The third-order valence-electron chi connectivity index (χ3n) is 3.12. The zero-order chi connectivity index (χ0) is 14.1. The minimum Gasteiger partial charge on any atom is -0.373 e. The summed E-state index contributed by atoms with van der Waals surface area (Å²) < 4.78 is 4.98. The first-order chi connectivity index (χ1) is 9.13. The van der Waals surface area contributed by atoms with Crippen LogP contribution in [0.3, 0.4) is 0 Å². The lowest BCUT2D eigenvalue weighted by Gasteiger charge is -2.27. The molecule has 0 spiro atoms. The molecule has 0 aromatic heterocycles. The highest BCUT2D eigenvalue weighted by atomic mass is 16.6. The van der Waals surface area contributed by atoms with Gasteiger partial charge in [0.05, 0.1) is 12.6 Å². The number of aliphatic hydroxyl groups excluding tert-OH is 1. The largest absolute Gasteiger partial charge is 0.373 e. The maximum Gasteiger partial charge on any atom is 0.143 e. The van der Waals surface area contributed by atoms with Gasteiger partial charge in [-0.1, -0.05) is 11.6 Å². The molecule has 1 unspecified atom stereocenters. The van der Waals surface area contributed by atoms with Crippen LogP contribution in [0, 0.1) is 0 Å². The molecule has 0 radical (unpaired) electrons. The van der Waals surface area contributed by atoms with E-state index in [0.29, 0.717) is 12.6 Å². The Morgan fingerprint density at radius 1 is 1.53 bits per heavy atom. The van der Waals surface area contributed by atoms with Gasteiger partial charge >= 0.3 is 0 Å². The monoisotopic (exact) mass is 266 g/mol. The van der Waals surface area contributed by atoms with E-state index in [4.69, 9.17) is 9.84 Å². The molecule has 4 nitrogen and oxygen atoms in total. The molecule has 19 heavy (non-hydrogen) atoms. The lowest BCUT2D eigenvalue weighted by atomic mass is 10.1. The van der Waals surface area contributed by atoms with Crippen molar-refractivity contribution in [1.29, 1.82) is 0 Å². The van der Waals surface area contributed by atoms with Crippen molar-refractivity contribution in [2.24, 2.45) is 4.99 Å². The van der Waals surface area contributed by atoms with Crippen molar-refractivity contribution in [3.8, 4) is 0 Å². The maximum atomic E-state index is 8.62. The molecule has 0 bridgehead atoms. The summed E-state index contributed by atoms with van der Waals surface area (Å²) in [6.07, 6.45) is 10.0. The summed E-state index contributed by atoms with van der Waals surface area (Å²) in [6, 6.07) is 0.773. The van der Waals surface area contributed by atoms with Crippen LogP contribution in [-0.4, -0.2) is 48.2 Å². The van der Waals surface area contributed by atoms with E-state index in [2.05, 4.69) is 49.0 Å². The number of hydrogen-bond donors (Lipinski definition) is 1. The van der Waals surface area contributed by atoms with E-state index < -0.39 is 0 Å². The predicted molar refractivity (Wildman–Crippen MR) is 79.3 cm³/mol. The standard InChI is InChI=1S/C15H26N2O2/c1-13(2)17-9-4-5-15(7-10-19-12-18)6-8-16-14(3)11-17/h4,6,8-9,13-14,18H,5,7,10-12H2,1-3H3/b9-4-,15-6+,16-8-. The van der Waals surface area contributed by atoms with Crippen LogP contribution in [0.25, 0.3) is 0 Å². The zero-order valence-corrected chi connectivity index (χ0v) is 12.2. The lowest BCUT2D eigenvalue weighted by molar-refractivity contribution is 0.000194. The highest BCUT2D eigenvalue weighted by Gasteiger charge is 2.09. The van der Waals surface area contributed by atoms with E-state index in [1.54, 1.807) is 0 Å². The van der Waals surface area contributed by atoms with Crippen molar-refractivity contribution in [3.63, 3.8) is 0 Å². The summed E-state index contributed by atoms with van der Waals surface area (Å²) in [5, 5.41) is 8.62. The van der Waals surface area contributed by atoms with Gasteiger partial charge in [0.15, 0.2) is 0 Å². The molecule has 0 aromatic rings. The molecule has 1 aliphatic heterocycles. The van der Waals surface area contributed by atoms with Gasteiger partial charge in [0.1, 0.15) is 6.79 Å². The van der Waals surface area contributed by atoms with Gasteiger partial charge in [-0.25, -0.2) is 0 Å². The Labute approximate surface area is 116 Å². The smallest absolute Gasteiger partial charge is 0.143 e. The first kappa shape index (κ1) is 15.9. The topological polar surface area (TPSA) is 45.1 Å². The van der Waals surface area contributed by atoms with Crippen molar-refractivity contribution in [3.05, 3.63) is 23.9 Å². The summed E-state index contributed by atoms with van der Waals surface area (Å²) >= 11 is 0. The van der Waals surface area contributed by atoms with E-state index in [-0.39, 0.29) is 12.8 Å². The first-order valence-electron chi connectivity index (χ1n) is 6.95. The first-order valence-corrected chi connectivity index (χ1v) is 6.95. The molecule has 1 rings (SSSR count). The Morgan fingerprint density at radius 3 is 3.00 bits per heavy atom. The summed E-state index contributed by atoms with van der Waals surface area (Å²) in [4.78, 5) is 6.84. The number of rotatable bonds is 5. The van der Waals surface area contributed by atoms with Crippen LogP contribution in [-0.2, 0) is 4.74 Å². The second-order valence-corrected chi connectivity index (χ2v) is 5.14. The molecule has 0 aliphatic carbocycles. The van der Waals surface area contributed by atoms with Gasteiger partial charge in [-0.15, -0.1) is 0 Å². The Hall–Kier alpha value is -1.13. The van der Waals surface area contributed by atoms with E-state index in [1.165, 1.54) is 5.57 Å². The molecule has 1 aliphatic rings. The predicted octanol–water partition coefficient (Wildman–Crippen LogP) is 2.36. The number of nitrogens with zero attached hydrogens (tertiary/aromatic N) is 2. The van der Waals surface area contributed by atoms with Gasteiger partial charge in [-0.05, 0) is 45.9 Å². The summed E-state index contributed by atoms with van der Waals surface area (Å²) in [5.74, 6) is 0. The minimum absolute atomic E-state index is 0.213. The third-order valence-corrected chi connectivity index (χ3v) is 3.12. The van der Waals surface area contributed by atoms with Gasteiger partial charge in [0.2, 0.25) is 0 Å². The molecule has 0 fully saturated rings. The summed E-state index contributed by atoms with van der Waals surface area (Å²) in [6.45, 7) is 7.80. The van der Waals surface area contributed by atoms with Crippen molar-refractivity contribution >= 4 is 6.21 Å². The van der Waals surface area contributed by atoms with Crippen LogP contribution in [0.5, 0.6) is 0 Å². The molecular formula is C15H26N2O2. The molecule has 0 saturated carbocycles. The van der Waals surface area contributed by atoms with Gasteiger partial charge < -0.3 is 14.7 Å². The molecule has 1 atom stereocenters. The molecule has 0 amide bonds. The molecule has 0 aromatic carbocycles. The molecule has 1 heterocycles. The van der Waals surface area contributed by atoms with Gasteiger partial charge in [-0.3, -0.25) is 4.99 Å². The van der Waals surface area contributed by atoms with Crippen LogP contribution >= 0.6 is 0 Å². The fourth-order valence-corrected chi connectivity index (χ4v) is 1.95. The molecule has 108 valence electrons. The number of aliphatic imine (C=N–C) groups is 1. The van der Waals surface area contributed by atoms with Gasteiger partial charge in [0, 0.05) is 18.8 Å². The van der Waals surface area contributed by atoms with Crippen LogP contribution in [0.1, 0.15) is 33.6 Å². The van der Waals surface area contributed by atoms with Crippen LogP contribution in [0.15, 0.2) is 28.9 Å². The van der Waals surface area contributed by atoms with E-state index in [1.807, 2.05) is 6.21 Å². The van der Waals surface area contributed by atoms with Crippen molar-refractivity contribution in [2.45, 2.75) is 45.7 Å². The Kier molecular flexibility index (Phi) is 7.45. The van der Waals surface area contributed by atoms with Gasteiger partial charge in [-0.2, -0.15) is 0 Å². The number of hydrogen-bond acceptors (Lipinski definition) is 4. The van der Waals surface area contributed by atoms with E-state index in [9.17, 15) is 0 Å². The highest BCUT2D eigenvalue weighted by molar-refractivity contribution is 5.72. The molecule has 1 N–H and O–H groups in total. The molecule has 0 saturated heterocycles. The fourth-order valence-electron chi connectivity index (χ4n) is 1.95. The van der Waals surface area contributed by atoms with E-state index >= 15 is 0 Å². The van der Waals surface area contributed by atoms with Crippen LogP contribution < -0.4 is 0 Å². The fraction of sp³-hybridized carbons (Fsp3) is 0.667. The zero-order valence-electron chi connectivity index (χ0n) is 12.2. The average molecular weight is 266 g/mol. The van der Waals surface area contributed by atoms with Crippen molar-refractivity contribution in [1.82, 2.24) is 4.90 Å². The van der Waals surface area contributed by atoms with Gasteiger partial charge in [0.25, 0.3) is 0 Å². The SMILES string of the molecule is CC1CN(C(C)C)/C=C\C/C(CCOCO)=C\C=N/1. The maximum absolute atomic E-state index is 8.62. The van der Waals surface area contributed by atoms with Crippen LogP contribution in [0.2, 0.25) is 0 Å². The molecular weight excluding hydrogens is 240 g/mol. The molecule has 4 heteroatoms. The Bertz CT molecular complexity index is 335. The quantitative estimate of drug-likeness (QED) is 0.614.